The summed E-state index contributed by atoms with van der Waals surface area (Å²) in [5.41, 5.74) is 0.813. The lowest BCUT2D eigenvalue weighted by Crippen LogP contribution is -2.36. The summed E-state index contributed by atoms with van der Waals surface area (Å²) in [6, 6.07) is 3.12. The molecule has 4 heteroatoms. The van der Waals surface area contributed by atoms with Crippen LogP contribution in [-0.2, 0) is 6.42 Å². The average molecular weight is 283 g/mol. The Kier molecular flexibility index (Phi) is 6.27. The minimum atomic E-state index is -0.230. The molecule has 3 nitrogen and oxygen atoms in total. The summed E-state index contributed by atoms with van der Waals surface area (Å²) in [5.74, 6) is 0.784. The van der Waals surface area contributed by atoms with E-state index in [2.05, 4.69) is 26.1 Å². The number of methoxy groups -OCH3 is 2. The lowest BCUT2D eigenvalue weighted by Gasteiger charge is -2.20. The second-order valence-corrected chi connectivity index (χ2v) is 5.93. The SMILES string of the molecule is COc1cc(F)c(CCCCNC(C)(C)C)cc1OC. The fourth-order valence-electron chi connectivity index (χ4n) is 1.99. The molecule has 0 aromatic heterocycles. The van der Waals surface area contributed by atoms with Crippen LogP contribution in [0.5, 0.6) is 11.5 Å². The van der Waals surface area contributed by atoms with Crippen LogP contribution in [0, 0.1) is 5.82 Å². The molecule has 1 aromatic carbocycles. The zero-order chi connectivity index (χ0) is 15.2. The van der Waals surface area contributed by atoms with Gasteiger partial charge in [0.05, 0.1) is 14.2 Å². The number of hydrogen-bond donors (Lipinski definition) is 1. The van der Waals surface area contributed by atoms with E-state index in [1.807, 2.05) is 0 Å². The first-order valence-electron chi connectivity index (χ1n) is 7.03. The van der Waals surface area contributed by atoms with Crippen LogP contribution in [-0.4, -0.2) is 26.3 Å². The minimum absolute atomic E-state index is 0.134. The number of rotatable bonds is 7. The van der Waals surface area contributed by atoms with Crippen LogP contribution in [0.25, 0.3) is 0 Å². The lowest BCUT2D eigenvalue weighted by molar-refractivity contribution is 0.351. The van der Waals surface area contributed by atoms with E-state index in [1.165, 1.54) is 13.2 Å². The summed E-state index contributed by atoms with van der Waals surface area (Å²) >= 11 is 0. The third-order valence-corrected chi connectivity index (χ3v) is 3.08. The number of unbranched alkanes of at least 4 members (excludes halogenated alkanes) is 1. The van der Waals surface area contributed by atoms with Crippen LogP contribution in [0.1, 0.15) is 39.2 Å². The number of halogens is 1. The molecule has 0 amide bonds. The van der Waals surface area contributed by atoms with E-state index < -0.39 is 0 Å². The van der Waals surface area contributed by atoms with Crippen LogP contribution >= 0.6 is 0 Å². The van der Waals surface area contributed by atoms with E-state index in [0.717, 1.165) is 19.4 Å². The zero-order valence-corrected chi connectivity index (χ0v) is 13.2. The second-order valence-electron chi connectivity index (χ2n) is 5.93. The van der Waals surface area contributed by atoms with Gasteiger partial charge in [0, 0.05) is 11.6 Å². The van der Waals surface area contributed by atoms with Crippen LogP contribution in [0.2, 0.25) is 0 Å². The first-order valence-corrected chi connectivity index (χ1v) is 7.03. The van der Waals surface area contributed by atoms with Gasteiger partial charge in [-0.1, -0.05) is 0 Å². The van der Waals surface area contributed by atoms with Gasteiger partial charge in [0.1, 0.15) is 5.82 Å². The third-order valence-electron chi connectivity index (χ3n) is 3.08. The second kappa shape index (κ2) is 7.48. The van der Waals surface area contributed by atoms with Gasteiger partial charge in [-0.15, -0.1) is 0 Å². The first-order chi connectivity index (χ1) is 9.37. The Hall–Kier alpha value is -1.29. The highest BCUT2D eigenvalue weighted by Crippen LogP contribution is 2.30. The number of ether oxygens (including phenoxy) is 2. The van der Waals surface area contributed by atoms with Crippen LogP contribution in [0.3, 0.4) is 0 Å². The molecule has 1 rings (SSSR count). The maximum absolute atomic E-state index is 13.9. The predicted molar refractivity (Wildman–Crippen MR) is 80.2 cm³/mol. The quantitative estimate of drug-likeness (QED) is 0.776. The Morgan fingerprint density at radius 2 is 1.65 bits per heavy atom. The first kappa shape index (κ1) is 16.8. The van der Waals surface area contributed by atoms with E-state index >= 15 is 0 Å². The summed E-state index contributed by atoms with van der Waals surface area (Å²) in [7, 11) is 3.07. The molecule has 0 saturated carbocycles. The smallest absolute Gasteiger partial charge is 0.163 e. The Morgan fingerprint density at radius 3 is 2.20 bits per heavy atom. The Balaban J connectivity index is 2.52. The normalized spacial score (nSPS) is 11.5. The van der Waals surface area contributed by atoms with Crippen molar-refractivity contribution in [3.8, 4) is 11.5 Å². The fraction of sp³-hybridized carbons (Fsp3) is 0.625. The highest BCUT2D eigenvalue weighted by molar-refractivity contribution is 5.43. The molecule has 0 fully saturated rings. The molecular formula is C16H26FNO2. The predicted octanol–water partition coefficient (Wildman–Crippen LogP) is 3.55. The molecule has 0 aliphatic rings. The average Bonchev–Trinajstić information content (AvgIpc) is 2.38. The van der Waals surface area contributed by atoms with Gasteiger partial charge in [0.2, 0.25) is 0 Å². The van der Waals surface area contributed by atoms with E-state index in [1.54, 1.807) is 13.2 Å². The van der Waals surface area contributed by atoms with Gasteiger partial charge in [0.25, 0.3) is 0 Å². The van der Waals surface area contributed by atoms with Gasteiger partial charge in [0.15, 0.2) is 11.5 Å². The van der Waals surface area contributed by atoms with Crippen molar-refractivity contribution in [3.05, 3.63) is 23.5 Å². The molecule has 0 aliphatic carbocycles. The van der Waals surface area contributed by atoms with E-state index in [4.69, 9.17) is 9.47 Å². The van der Waals surface area contributed by atoms with Crippen molar-refractivity contribution >= 4 is 0 Å². The molecular weight excluding hydrogens is 257 g/mol. The number of hydrogen-bond acceptors (Lipinski definition) is 3. The van der Waals surface area contributed by atoms with Gasteiger partial charge in [-0.05, 0) is 58.2 Å². The van der Waals surface area contributed by atoms with Crippen molar-refractivity contribution < 1.29 is 13.9 Å². The van der Waals surface area contributed by atoms with Crippen LogP contribution < -0.4 is 14.8 Å². The molecule has 0 bridgehead atoms. The molecule has 0 saturated heterocycles. The molecule has 114 valence electrons. The molecule has 1 aromatic rings. The van der Waals surface area contributed by atoms with E-state index in [9.17, 15) is 4.39 Å². The zero-order valence-electron chi connectivity index (χ0n) is 13.2. The minimum Gasteiger partial charge on any atom is -0.493 e. The largest absolute Gasteiger partial charge is 0.493 e. The maximum Gasteiger partial charge on any atom is 0.163 e. The molecule has 0 radical (unpaired) electrons. The Labute approximate surface area is 121 Å². The summed E-state index contributed by atoms with van der Waals surface area (Å²) in [5, 5.41) is 3.43. The third kappa shape index (κ3) is 5.37. The molecule has 20 heavy (non-hydrogen) atoms. The van der Waals surface area contributed by atoms with Crippen molar-refractivity contribution in [1.29, 1.82) is 0 Å². The highest BCUT2D eigenvalue weighted by Gasteiger charge is 2.11. The van der Waals surface area contributed by atoms with Crippen LogP contribution in [0.15, 0.2) is 12.1 Å². The van der Waals surface area contributed by atoms with Crippen molar-refractivity contribution in [1.82, 2.24) is 5.32 Å². The summed E-state index contributed by atoms with van der Waals surface area (Å²) in [6.07, 6.45) is 2.67. The summed E-state index contributed by atoms with van der Waals surface area (Å²) in [6.45, 7) is 7.36. The van der Waals surface area contributed by atoms with Crippen molar-refractivity contribution in [2.75, 3.05) is 20.8 Å². The molecule has 0 atom stereocenters. The fourth-order valence-corrected chi connectivity index (χ4v) is 1.99. The van der Waals surface area contributed by atoms with E-state index in [-0.39, 0.29) is 11.4 Å². The van der Waals surface area contributed by atoms with E-state index in [0.29, 0.717) is 23.5 Å². The van der Waals surface area contributed by atoms with Gasteiger partial charge in [-0.2, -0.15) is 0 Å². The molecule has 1 N–H and O–H groups in total. The topological polar surface area (TPSA) is 30.5 Å². The van der Waals surface area contributed by atoms with Gasteiger partial charge >= 0.3 is 0 Å². The number of aryl methyl sites for hydroxylation is 1. The Morgan fingerprint density at radius 1 is 1.05 bits per heavy atom. The number of benzene rings is 1. The molecule has 0 unspecified atom stereocenters. The standard InChI is InChI=1S/C16H26FNO2/c1-16(2,3)18-9-7-6-8-12-10-14(19-4)15(20-5)11-13(12)17/h10-11,18H,6-9H2,1-5H3. The Bertz CT molecular complexity index is 427. The lowest BCUT2D eigenvalue weighted by atomic mass is 10.1. The summed E-state index contributed by atoms with van der Waals surface area (Å²) < 4.78 is 24.2. The van der Waals surface area contributed by atoms with Crippen molar-refractivity contribution in [2.24, 2.45) is 0 Å². The summed E-state index contributed by atoms with van der Waals surface area (Å²) in [4.78, 5) is 0. The molecule has 0 aliphatic heterocycles. The van der Waals surface area contributed by atoms with Crippen molar-refractivity contribution in [2.45, 2.75) is 45.6 Å². The molecule has 0 spiro atoms. The maximum atomic E-state index is 13.9. The van der Waals surface area contributed by atoms with Crippen molar-refractivity contribution in [3.63, 3.8) is 0 Å². The van der Waals surface area contributed by atoms with Gasteiger partial charge in [-0.25, -0.2) is 4.39 Å². The van der Waals surface area contributed by atoms with Gasteiger partial charge < -0.3 is 14.8 Å². The number of nitrogens with one attached hydrogen (secondary N) is 1. The highest BCUT2D eigenvalue weighted by atomic mass is 19.1. The van der Waals surface area contributed by atoms with Gasteiger partial charge in [-0.3, -0.25) is 0 Å². The molecule has 0 heterocycles. The monoisotopic (exact) mass is 283 g/mol. The van der Waals surface area contributed by atoms with Crippen LogP contribution in [0.4, 0.5) is 4.39 Å².